The van der Waals surface area contributed by atoms with Crippen molar-refractivity contribution in [2.24, 2.45) is 4.99 Å². The SMILES string of the molecule is CCNC(=NCCc1cccc(C(=O)NC)c1)NC1CCCN(C2CCCCC2)C1. The first-order chi connectivity index (χ1) is 14.7. The summed E-state index contributed by atoms with van der Waals surface area (Å²) in [6.07, 6.45) is 10.2. The first kappa shape index (κ1) is 22.6. The lowest BCUT2D eigenvalue weighted by molar-refractivity contribution is 0.0963. The summed E-state index contributed by atoms with van der Waals surface area (Å²) in [5.41, 5.74) is 1.84. The highest BCUT2D eigenvalue weighted by atomic mass is 16.1. The van der Waals surface area contributed by atoms with Gasteiger partial charge < -0.3 is 16.0 Å². The molecule has 166 valence electrons. The van der Waals surface area contributed by atoms with E-state index in [1.807, 2.05) is 18.2 Å². The quantitative estimate of drug-likeness (QED) is 0.475. The maximum absolute atomic E-state index is 11.8. The minimum absolute atomic E-state index is 0.0461. The van der Waals surface area contributed by atoms with Crippen LogP contribution in [0.5, 0.6) is 0 Å². The molecule has 1 aliphatic heterocycles. The third-order valence-electron chi connectivity index (χ3n) is 6.32. The van der Waals surface area contributed by atoms with E-state index in [2.05, 4.69) is 33.8 Å². The number of aliphatic imine (C=N–C) groups is 1. The standard InChI is InChI=1S/C24H39N5O/c1-3-26-24(27-15-14-19-9-7-10-20(17-19)23(30)25-2)28-21-11-8-16-29(18-21)22-12-5-4-6-13-22/h7,9-10,17,21-22H,3-6,8,11-16,18H2,1-2H3,(H,25,30)(H2,26,27,28). The molecule has 1 aromatic rings. The van der Waals surface area contributed by atoms with E-state index in [9.17, 15) is 4.79 Å². The van der Waals surface area contributed by atoms with Crippen molar-refractivity contribution >= 4 is 11.9 Å². The van der Waals surface area contributed by atoms with Crippen molar-refractivity contribution in [3.05, 3.63) is 35.4 Å². The van der Waals surface area contributed by atoms with Crippen molar-refractivity contribution in [2.75, 3.05) is 33.2 Å². The molecule has 1 heterocycles. The van der Waals surface area contributed by atoms with E-state index in [-0.39, 0.29) is 5.91 Å². The molecule has 1 amide bonds. The Morgan fingerprint density at radius 1 is 1.17 bits per heavy atom. The molecule has 1 saturated heterocycles. The largest absolute Gasteiger partial charge is 0.357 e. The number of benzene rings is 1. The fraction of sp³-hybridized carbons (Fsp3) is 0.667. The Morgan fingerprint density at radius 3 is 2.77 bits per heavy atom. The van der Waals surface area contributed by atoms with Crippen LogP contribution in [-0.4, -0.2) is 62.1 Å². The van der Waals surface area contributed by atoms with Crippen LogP contribution in [0.2, 0.25) is 0 Å². The molecule has 30 heavy (non-hydrogen) atoms. The monoisotopic (exact) mass is 413 g/mol. The van der Waals surface area contributed by atoms with Crippen LogP contribution in [0.1, 0.15) is 67.8 Å². The van der Waals surface area contributed by atoms with Gasteiger partial charge in [-0.1, -0.05) is 31.4 Å². The van der Waals surface area contributed by atoms with Crippen LogP contribution >= 0.6 is 0 Å². The number of rotatable bonds is 7. The van der Waals surface area contributed by atoms with Gasteiger partial charge >= 0.3 is 0 Å². The number of likely N-dealkylation sites (tertiary alicyclic amines) is 1. The van der Waals surface area contributed by atoms with E-state index in [0.29, 0.717) is 18.2 Å². The number of guanidine groups is 1. The van der Waals surface area contributed by atoms with Crippen molar-refractivity contribution in [3.8, 4) is 0 Å². The van der Waals surface area contributed by atoms with Gasteiger partial charge in [0.25, 0.3) is 5.91 Å². The van der Waals surface area contributed by atoms with Gasteiger partial charge in [0.1, 0.15) is 0 Å². The number of piperidine rings is 1. The third-order valence-corrected chi connectivity index (χ3v) is 6.32. The highest BCUT2D eigenvalue weighted by Crippen LogP contribution is 2.25. The molecule has 6 nitrogen and oxygen atoms in total. The molecule has 2 fully saturated rings. The Labute approximate surface area is 181 Å². The lowest BCUT2D eigenvalue weighted by Gasteiger charge is -2.40. The van der Waals surface area contributed by atoms with Crippen LogP contribution in [0, 0.1) is 0 Å². The number of nitrogens with zero attached hydrogens (tertiary/aromatic N) is 2. The summed E-state index contributed by atoms with van der Waals surface area (Å²) >= 11 is 0. The Hall–Kier alpha value is -2.08. The molecular formula is C24H39N5O. The summed E-state index contributed by atoms with van der Waals surface area (Å²) in [4.78, 5) is 19.4. The molecular weight excluding hydrogens is 374 g/mol. The van der Waals surface area contributed by atoms with Gasteiger partial charge in [0.2, 0.25) is 0 Å². The Morgan fingerprint density at radius 2 is 2.00 bits per heavy atom. The van der Waals surface area contributed by atoms with Crippen LogP contribution < -0.4 is 16.0 Å². The number of amides is 1. The minimum atomic E-state index is -0.0461. The van der Waals surface area contributed by atoms with Crippen molar-refractivity contribution in [1.29, 1.82) is 0 Å². The number of carbonyl (C=O) groups excluding carboxylic acids is 1. The molecule has 0 aromatic heterocycles. The zero-order valence-electron chi connectivity index (χ0n) is 18.8. The summed E-state index contributed by atoms with van der Waals surface area (Å²) in [5.74, 6) is 0.866. The predicted molar refractivity (Wildman–Crippen MR) is 124 cm³/mol. The fourth-order valence-corrected chi connectivity index (χ4v) is 4.72. The van der Waals surface area contributed by atoms with E-state index in [1.54, 1.807) is 7.05 Å². The molecule has 0 radical (unpaired) electrons. The number of nitrogens with one attached hydrogen (secondary N) is 3. The molecule has 6 heteroatoms. The number of hydrogen-bond donors (Lipinski definition) is 3. The second-order valence-electron chi connectivity index (χ2n) is 8.56. The van der Waals surface area contributed by atoms with E-state index in [4.69, 9.17) is 4.99 Å². The molecule has 1 saturated carbocycles. The normalized spacial score (nSPS) is 21.3. The van der Waals surface area contributed by atoms with Crippen molar-refractivity contribution in [3.63, 3.8) is 0 Å². The summed E-state index contributed by atoms with van der Waals surface area (Å²) in [7, 11) is 1.66. The zero-order chi connectivity index (χ0) is 21.2. The smallest absolute Gasteiger partial charge is 0.251 e. The van der Waals surface area contributed by atoms with Crippen molar-refractivity contribution in [2.45, 2.75) is 70.4 Å². The molecule has 1 aromatic carbocycles. The molecule has 1 atom stereocenters. The van der Waals surface area contributed by atoms with E-state index >= 15 is 0 Å². The second-order valence-corrected chi connectivity index (χ2v) is 8.56. The van der Waals surface area contributed by atoms with Gasteiger partial charge in [-0.15, -0.1) is 0 Å². The summed E-state index contributed by atoms with van der Waals surface area (Å²) in [6, 6.07) is 9.06. The molecule has 3 N–H and O–H groups in total. The molecule has 0 bridgehead atoms. The van der Waals surface area contributed by atoms with Crippen LogP contribution in [0.3, 0.4) is 0 Å². The third kappa shape index (κ3) is 6.73. The van der Waals surface area contributed by atoms with Crippen LogP contribution in [0.25, 0.3) is 0 Å². The predicted octanol–water partition coefficient (Wildman–Crippen LogP) is 2.94. The van der Waals surface area contributed by atoms with Crippen LogP contribution in [0.4, 0.5) is 0 Å². The highest BCUT2D eigenvalue weighted by Gasteiger charge is 2.27. The van der Waals surface area contributed by atoms with E-state index < -0.39 is 0 Å². The molecule has 2 aliphatic rings. The number of hydrogen-bond acceptors (Lipinski definition) is 3. The number of carbonyl (C=O) groups is 1. The minimum Gasteiger partial charge on any atom is -0.357 e. The van der Waals surface area contributed by atoms with Crippen LogP contribution in [-0.2, 0) is 6.42 Å². The van der Waals surface area contributed by atoms with Crippen molar-refractivity contribution < 1.29 is 4.79 Å². The van der Waals surface area contributed by atoms with E-state index in [0.717, 1.165) is 37.1 Å². The average molecular weight is 414 g/mol. The molecule has 1 unspecified atom stereocenters. The van der Waals surface area contributed by atoms with Gasteiger partial charge in [-0.25, -0.2) is 0 Å². The van der Waals surface area contributed by atoms with Gasteiger partial charge in [0.05, 0.1) is 0 Å². The first-order valence-corrected chi connectivity index (χ1v) is 11.8. The Bertz CT molecular complexity index is 699. The molecule has 3 rings (SSSR count). The Kier molecular flexibility index (Phi) is 9.00. The van der Waals surface area contributed by atoms with Gasteiger partial charge in [0, 0.05) is 44.3 Å². The maximum Gasteiger partial charge on any atom is 0.251 e. The van der Waals surface area contributed by atoms with Gasteiger partial charge in [-0.2, -0.15) is 0 Å². The van der Waals surface area contributed by atoms with E-state index in [1.165, 1.54) is 51.5 Å². The summed E-state index contributed by atoms with van der Waals surface area (Å²) < 4.78 is 0. The van der Waals surface area contributed by atoms with Gasteiger partial charge in [-0.3, -0.25) is 14.7 Å². The van der Waals surface area contributed by atoms with Crippen molar-refractivity contribution in [1.82, 2.24) is 20.9 Å². The summed E-state index contributed by atoms with van der Waals surface area (Å²) in [5, 5.41) is 9.77. The van der Waals surface area contributed by atoms with Gasteiger partial charge in [-0.05, 0) is 63.3 Å². The second kappa shape index (κ2) is 11.9. The highest BCUT2D eigenvalue weighted by molar-refractivity contribution is 5.94. The molecule has 0 spiro atoms. The maximum atomic E-state index is 11.8. The zero-order valence-corrected chi connectivity index (χ0v) is 18.8. The average Bonchev–Trinajstić information content (AvgIpc) is 2.79. The van der Waals surface area contributed by atoms with Gasteiger partial charge in [0.15, 0.2) is 5.96 Å². The molecule has 1 aliphatic carbocycles. The first-order valence-electron chi connectivity index (χ1n) is 11.8. The van der Waals surface area contributed by atoms with Crippen LogP contribution in [0.15, 0.2) is 29.3 Å². The summed E-state index contributed by atoms with van der Waals surface area (Å²) in [6.45, 7) is 6.04. The topological polar surface area (TPSA) is 68.8 Å². The fourth-order valence-electron chi connectivity index (χ4n) is 4.72. The lowest BCUT2D eigenvalue weighted by atomic mass is 9.92. The Balaban J connectivity index is 1.53. The lowest BCUT2D eigenvalue weighted by Crippen LogP contribution is -2.53.